The van der Waals surface area contributed by atoms with E-state index in [1.807, 2.05) is 35.0 Å². The van der Waals surface area contributed by atoms with Crippen LogP contribution in [0.4, 0.5) is 0 Å². The number of halogens is 1. The second kappa shape index (κ2) is 7.98. The molecular weight excluding hydrogens is 306 g/mol. The lowest BCUT2D eigenvalue weighted by molar-refractivity contribution is -0.116. The van der Waals surface area contributed by atoms with E-state index in [2.05, 4.69) is 5.32 Å². The Kier molecular flexibility index (Phi) is 5.99. The molecule has 1 aromatic heterocycles. The van der Waals surface area contributed by atoms with Crippen molar-refractivity contribution in [3.8, 4) is 0 Å². The van der Waals surface area contributed by atoms with Crippen molar-refractivity contribution in [3.63, 3.8) is 0 Å². The molecule has 0 radical (unpaired) electrons. The lowest BCUT2D eigenvalue weighted by atomic mass is 10.1. The number of nitrogens with one attached hydrogen (secondary N) is 1. The van der Waals surface area contributed by atoms with Crippen molar-refractivity contribution < 1.29 is 9.90 Å². The Balaban J connectivity index is 1.76. The SMILES string of the molecule is O=C(/C=C/c1ccccc1Cl)NCCC(O)c1ccsc1. The van der Waals surface area contributed by atoms with Gasteiger partial charge in [-0.15, -0.1) is 0 Å². The average Bonchev–Trinajstić information content (AvgIpc) is 3.00. The number of thiophene rings is 1. The number of carbonyl (C=O) groups excluding carboxylic acids is 1. The molecule has 0 fully saturated rings. The van der Waals surface area contributed by atoms with E-state index in [1.165, 1.54) is 6.08 Å². The number of hydrogen-bond acceptors (Lipinski definition) is 3. The molecule has 1 amide bonds. The molecule has 21 heavy (non-hydrogen) atoms. The first-order chi connectivity index (χ1) is 10.2. The molecule has 2 aromatic rings. The van der Waals surface area contributed by atoms with Crippen molar-refractivity contribution in [1.29, 1.82) is 0 Å². The first-order valence-corrected chi connectivity index (χ1v) is 7.89. The molecule has 1 unspecified atom stereocenters. The van der Waals surface area contributed by atoms with E-state index >= 15 is 0 Å². The molecule has 1 atom stereocenters. The van der Waals surface area contributed by atoms with Gasteiger partial charge in [0.2, 0.25) is 5.91 Å². The number of aliphatic hydroxyl groups excluding tert-OH is 1. The zero-order valence-electron chi connectivity index (χ0n) is 11.3. The van der Waals surface area contributed by atoms with Gasteiger partial charge in [-0.2, -0.15) is 11.3 Å². The third-order valence-corrected chi connectivity index (χ3v) is 4.01. The minimum Gasteiger partial charge on any atom is -0.388 e. The second-order valence-corrected chi connectivity index (χ2v) is 5.69. The minimum absolute atomic E-state index is 0.201. The summed E-state index contributed by atoms with van der Waals surface area (Å²) in [4.78, 5) is 11.7. The lowest BCUT2D eigenvalue weighted by Gasteiger charge is -2.08. The summed E-state index contributed by atoms with van der Waals surface area (Å²) < 4.78 is 0. The van der Waals surface area contributed by atoms with Crippen LogP contribution in [0.3, 0.4) is 0 Å². The van der Waals surface area contributed by atoms with Crippen LogP contribution in [0.15, 0.2) is 47.2 Å². The molecule has 1 aromatic carbocycles. The van der Waals surface area contributed by atoms with Crippen LogP contribution in [0, 0.1) is 0 Å². The van der Waals surface area contributed by atoms with Gasteiger partial charge in [-0.1, -0.05) is 29.8 Å². The van der Waals surface area contributed by atoms with Crippen LogP contribution in [-0.4, -0.2) is 17.6 Å². The molecule has 1 heterocycles. The zero-order chi connectivity index (χ0) is 15.1. The molecule has 3 nitrogen and oxygen atoms in total. The number of hydrogen-bond donors (Lipinski definition) is 2. The van der Waals surface area contributed by atoms with Crippen LogP contribution in [0.5, 0.6) is 0 Å². The highest BCUT2D eigenvalue weighted by molar-refractivity contribution is 7.07. The van der Waals surface area contributed by atoms with Crippen molar-refractivity contribution in [2.45, 2.75) is 12.5 Å². The van der Waals surface area contributed by atoms with Crippen LogP contribution in [0.1, 0.15) is 23.7 Å². The Morgan fingerprint density at radius 2 is 2.19 bits per heavy atom. The molecule has 0 aliphatic heterocycles. The molecule has 2 N–H and O–H groups in total. The Labute approximate surface area is 132 Å². The fourth-order valence-electron chi connectivity index (χ4n) is 1.80. The van der Waals surface area contributed by atoms with Gasteiger partial charge < -0.3 is 10.4 Å². The quantitative estimate of drug-likeness (QED) is 0.798. The summed E-state index contributed by atoms with van der Waals surface area (Å²) in [5.41, 5.74) is 1.69. The van der Waals surface area contributed by atoms with Crippen molar-refractivity contribution in [3.05, 3.63) is 63.3 Å². The summed E-state index contributed by atoms with van der Waals surface area (Å²) in [7, 11) is 0. The number of rotatable bonds is 6. The van der Waals surface area contributed by atoms with Crippen LogP contribution in [0.25, 0.3) is 6.08 Å². The van der Waals surface area contributed by atoms with Crippen molar-refractivity contribution in [2.75, 3.05) is 6.54 Å². The smallest absolute Gasteiger partial charge is 0.244 e. The highest BCUT2D eigenvalue weighted by Gasteiger charge is 2.07. The highest BCUT2D eigenvalue weighted by Crippen LogP contribution is 2.18. The van der Waals surface area contributed by atoms with Gasteiger partial charge in [-0.05, 0) is 46.5 Å². The lowest BCUT2D eigenvalue weighted by Crippen LogP contribution is -2.23. The molecule has 0 spiro atoms. The van der Waals surface area contributed by atoms with Crippen LogP contribution < -0.4 is 5.32 Å². The monoisotopic (exact) mass is 321 g/mol. The molecule has 110 valence electrons. The second-order valence-electron chi connectivity index (χ2n) is 4.51. The molecule has 0 saturated carbocycles. The fourth-order valence-corrected chi connectivity index (χ4v) is 2.70. The molecule has 0 saturated heterocycles. The Morgan fingerprint density at radius 1 is 1.38 bits per heavy atom. The van der Waals surface area contributed by atoms with E-state index in [0.29, 0.717) is 18.0 Å². The molecule has 0 aliphatic carbocycles. The molecule has 0 aliphatic rings. The summed E-state index contributed by atoms with van der Waals surface area (Å²) in [5, 5.41) is 17.1. The third-order valence-electron chi connectivity index (χ3n) is 2.96. The Hall–Kier alpha value is -1.62. The van der Waals surface area contributed by atoms with E-state index in [1.54, 1.807) is 23.5 Å². The number of carbonyl (C=O) groups is 1. The van der Waals surface area contributed by atoms with Gasteiger partial charge in [0.25, 0.3) is 0 Å². The topological polar surface area (TPSA) is 49.3 Å². The Morgan fingerprint density at radius 3 is 2.90 bits per heavy atom. The first-order valence-electron chi connectivity index (χ1n) is 6.57. The normalized spacial score (nSPS) is 12.5. The molecule has 2 rings (SSSR count). The van der Waals surface area contributed by atoms with Crippen molar-refractivity contribution >= 4 is 34.9 Å². The number of aliphatic hydroxyl groups is 1. The third kappa shape index (κ3) is 5.01. The van der Waals surface area contributed by atoms with Gasteiger partial charge in [-0.3, -0.25) is 4.79 Å². The van der Waals surface area contributed by atoms with Crippen molar-refractivity contribution in [2.24, 2.45) is 0 Å². The van der Waals surface area contributed by atoms with Gasteiger partial charge in [0, 0.05) is 17.6 Å². The summed E-state index contributed by atoms with van der Waals surface area (Å²) in [6, 6.07) is 9.20. The van der Waals surface area contributed by atoms with E-state index in [4.69, 9.17) is 11.6 Å². The number of benzene rings is 1. The maximum atomic E-state index is 11.7. The fraction of sp³-hybridized carbons (Fsp3) is 0.188. The standard InChI is InChI=1S/C16H16ClNO2S/c17-14-4-2-1-3-12(14)5-6-16(20)18-9-7-15(19)13-8-10-21-11-13/h1-6,8,10-11,15,19H,7,9H2,(H,18,20)/b6-5+. The van der Waals surface area contributed by atoms with Gasteiger partial charge in [0.15, 0.2) is 0 Å². The maximum Gasteiger partial charge on any atom is 0.244 e. The summed E-state index contributed by atoms with van der Waals surface area (Å²) in [5.74, 6) is -0.201. The highest BCUT2D eigenvalue weighted by atomic mass is 35.5. The Bertz CT molecular complexity index is 610. The summed E-state index contributed by atoms with van der Waals surface area (Å²) in [6.07, 6.45) is 3.07. The molecular formula is C16H16ClNO2S. The van der Waals surface area contributed by atoms with Crippen LogP contribution >= 0.6 is 22.9 Å². The molecule has 0 bridgehead atoms. The summed E-state index contributed by atoms with van der Waals surface area (Å²) >= 11 is 7.54. The number of amides is 1. The first kappa shape index (κ1) is 15.8. The molecule has 5 heteroatoms. The zero-order valence-corrected chi connectivity index (χ0v) is 12.9. The largest absolute Gasteiger partial charge is 0.388 e. The van der Waals surface area contributed by atoms with E-state index in [0.717, 1.165) is 11.1 Å². The predicted octanol–water partition coefficient (Wildman–Crippen LogP) is 3.65. The van der Waals surface area contributed by atoms with Gasteiger partial charge in [-0.25, -0.2) is 0 Å². The minimum atomic E-state index is -0.538. The summed E-state index contributed by atoms with van der Waals surface area (Å²) in [6.45, 7) is 0.419. The van der Waals surface area contributed by atoms with Crippen LogP contribution in [-0.2, 0) is 4.79 Å². The maximum absolute atomic E-state index is 11.7. The van der Waals surface area contributed by atoms with Gasteiger partial charge in [0.1, 0.15) is 0 Å². The van der Waals surface area contributed by atoms with E-state index in [9.17, 15) is 9.90 Å². The van der Waals surface area contributed by atoms with E-state index < -0.39 is 6.10 Å². The predicted molar refractivity (Wildman–Crippen MR) is 87.4 cm³/mol. The van der Waals surface area contributed by atoms with Gasteiger partial charge in [0.05, 0.1) is 6.10 Å². The average molecular weight is 322 g/mol. The van der Waals surface area contributed by atoms with Crippen LogP contribution in [0.2, 0.25) is 5.02 Å². The van der Waals surface area contributed by atoms with Crippen molar-refractivity contribution in [1.82, 2.24) is 5.32 Å². The van der Waals surface area contributed by atoms with Gasteiger partial charge >= 0.3 is 0 Å². The van der Waals surface area contributed by atoms with E-state index in [-0.39, 0.29) is 5.91 Å².